The minimum atomic E-state index is 0.394. The first kappa shape index (κ1) is 16.4. The number of rotatable bonds is 2. The molecule has 0 amide bonds. The molecule has 0 saturated heterocycles. The molecule has 0 saturated carbocycles. The average molecular weight is 374 g/mol. The van der Waals surface area contributed by atoms with Crippen LogP contribution in [0, 0.1) is 0 Å². The maximum Gasteiger partial charge on any atom is 0.0562 e. The molecular weight excluding hydrogens is 352 g/mol. The van der Waals surface area contributed by atoms with Gasteiger partial charge >= 0.3 is 0 Å². The molecule has 2 heteroatoms. The molecule has 0 fully saturated rings. The van der Waals surface area contributed by atoms with Crippen LogP contribution in [0.15, 0.2) is 91.0 Å². The molecule has 29 heavy (non-hydrogen) atoms. The molecule has 0 aliphatic heterocycles. The summed E-state index contributed by atoms with van der Waals surface area (Å²) in [6.45, 7) is 4.53. The third kappa shape index (κ3) is 2.17. The molecule has 0 N–H and O–H groups in total. The third-order valence-electron chi connectivity index (χ3n) is 6.05. The van der Waals surface area contributed by atoms with E-state index in [1.807, 2.05) is 0 Å². The second-order valence-corrected chi connectivity index (χ2v) is 8.02. The van der Waals surface area contributed by atoms with Gasteiger partial charge in [-0.3, -0.25) is 0 Å². The Bertz CT molecular complexity index is 1480. The molecule has 4 aromatic carbocycles. The summed E-state index contributed by atoms with van der Waals surface area (Å²) >= 11 is 0. The maximum absolute atomic E-state index is 2.46. The third-order valence-corrected chi connectivity index (χ3v) is 6.05. The Kier molecular flexibility index (Phi) is 3.39. The molecule has 0 aliphatic carbocycles. The highest BCUT2D eigenvalue weighted by Gasteiger charge is 2.18. The lowest BCUT2D eigenvalue weighted by Gasteiger charge is -2.13. The highest BCUT2D eigenvalue weighted by molar-refractivity contribution is 6.15. The van der Waals surface area contributed by atoms with E-state index in [2.05, 4.69) is 114 Å². The fourth-order valence-corrected chi connectivity index (χ4v) is 4.95. The second-order valence-electron chi connectivity index (χ2n) is 8.02. The van der Waals surface area contributed by atoms with E-state index in [9.17, 15) is 0 Å². The molecule has 0 atom stereocenters. The Hall–Kier alpha value is -3.52. The van der Waals surface area contributed by atoms with Gasteiger partial charge in [-0.05, 0) is 44.2 Å². The normalized spacial score (nSPS) is 12.1. The highest BCUT2D eigenvalue weighted by atomic mass is 15.0. The standard InChI is InChI=1S/C27H22N2/c1-18(2)28-24-15-8-5-12-21(24)27-25(28)16-9-17-26(27)29-22-13-6-3-10-19(22)20-11-4-7-14-23(20)29/h3-18H,1-2H3. The van der Waals surface area contributed by atoms with Crippen LogP contribution in [0.4, 0.5) is 0 Å². The monoisotopic (exact) mass is 374 g/mol. The summed E-state index contributed by atoms with van der Waals surface area (Å²) in [4.78, 5) is 0. The minimum Gasteiger partial charge on any atom is -0.338 e. The number of para-hydroxylation sites is 3. The van der Waals surface area contributed by atoms with E-state index >= 15 is 0 Å². The second kappa shape index (κ2) is 5.99. The van der Waals surface area contributed by atoms with Crippen molar-refractivity contribution in [2.75, 3.05) is 0 Å². The molecule has 0 aliphatic rings. The Balaban J connectivity index is 1.86. The van der Waals surface area contributed by atoms with Gasteiger partial charge in [-0.15, -0.1) is 0 Å². The van der Waals surface area contributed by atoms with Gasteiger partial charge < -0.3 is 9.13 Å². The van der Waals surface area contributed by atoms with Crippen LogP contribution in [0.2, 0.25) is 0 Å². The van der Waals surface area contributed by atoms with Crippen molar-refractivity contribution in [2.24, 2.45) is 0 Å². The van der Waals surface area contributed by atoms with Crippen molar-refractivity contribution in [1.82, 2.24) is 9.13 Å². The molecule has 2 aromatic heterocycles. The molecule has 140 valence electrons. The van der Waals surface area contributed by atoms with Crippen LogP contribution in [0.3, 0.4) is 0 Å². The Morgan fingerprint density at radius 3 is 1.66 bits per heavy atom. The lowest BCUT2D eigenvalue weighted by molar-refractivity contribution is 0.642. The van der Waals surface area contributed by atoms with E-state index in [-0.39, 0.29) is 0 Å². The maximum atomic E-state index is 2.46. The van der Waals surface area contributed by atoms with Crippen LogP contribution in [0.5, 0.6) is 0 Å². The zero-order valence-electron chi connectivity index (χ0n) is 16.6. The van der Waals surface area contributed by atoms with Gasteiger partial charge in [-0.25, -0.2) is 0 Å². The lowest BCUT2D eigenvalue weighted by Crippen LogP contribution is -2.00. The summed E-state index contributed by atoms with van der Waals surface area (Å²) in [6.07, 6.45) is 0. The van der Waals surface area contributed by atoms with Gasteiger partial charge in [-0.1, -0.05) is 60.7 Å². The van der Waals surface area contributed by atoms with Gasteiger partial charge in [-0.2, -0.15) is 0 Å². The highest BCUT2D eigenvalue weighted by Crippen LogP contribution is 2.39. The molecule has 0 bridgehead atoms. The van der Waals surface area contributed by atoms with Crippen molar-refractivity contribution in [3.8, 4) is 5.69 Å². The van der Waals surface area contributed by atoms with Crippen LogP contribution in [-0.2, 0) is 0 Å². The predicted molar refractivity (Wildman–Crippen MR) is 124 cm³/mol. The van der Waals surface area contributed by atoms with E-state index in [4.69, 9.17) is 0 Å². The first-order valence-corrected chi connectivity index (χ1v) is 10.3. The number of hydrogen-bond donors (Lipinski definition) is 0. The van der Waals surface area contributed by atoms with Crippen molar-refractivity contribution in [3.63, 3.8) is 0 Å². The summed E-state index contributed by atoms with van der Waals surface area (Å²) in [7, 11) is 0. The van der Waals surface area contributed by atoms with Crippen molar-refractivity contribution in [3.05, 3.63) is 91.0 Å². The molecule has 6 aromatic rings. The van der Waals surface area contributed by atoms with E-state index < -0.39 is 0 Å². The van der Waals surface area contributed by atoms with Gasteiger partial charge in [0, 0.05) is 33.1 Å². The van der Waals surface area contributed by atoms with Gasteiger partial charge in [0.05, 0.1) is 22.2 Å². The SMILES string of the molecule is CC(C)n1c2ccccc2c2c(-n3c4ccccc4c4ccccc43)cccc21. The summed E-state index contributed by atoms with van der Waals surface area (Å²) in [6, 6.07) is 33.3. The van der Waals surface area contributed by atoms with Crippen LogP contribution in [0.1, 0.15) is 19.9 Å². The predicted octanol–water partition coefficient (Wildman–Crippen LogP) is 7.47. The Labute approximate surface area is 169 Å². The van der Waals surface area contributed by atoms with Crippen LogP contribution in [-0.4, -0.2) is 9.13 Å². The molecule has 2 heterocycles. The molecule has 0 radical (unpaired) electrons. The van der Waals surface area contributed by atoms with Crippen molar-refractivity contribution >= 4 is 43.6 Å². The molecule has 6 rings (SSSR count). The van der Waals surface area contributed by atoms with Gasteiger partial charge in [0.2, 0.25) is 0 Å². The number of nitrogens with zero attached hydrogens (tertiary/aromatic N) is 2. The van der Waals surface area contributed by atoms with Crippen molar-refractivity contribution < 1.29 is 0 Å². The van der Waals surface area contributed by atoms with Gasteiger partial charge in [0.1, 0.15) is 0 Å². The Morgan fingerprint density at radius 2 is 1.03 bits per heavy atom. The van der Waals surface area contributed by atoms with Gasteiger partial charge in [0.25, 0.3) is 0 Å². The first-order chi connectivity index (χ1) is 14.3. The number of benzene rings is 4. The first-order valence-electron chi connectivity index (χ1n) is 10.3. The quantitative estimate of drug-likeness (QED) is 0.297. The fraction of sp³-hybridized carbons (Fsp3) is 0.111. The smallest absolute Gasteiger partial charge is 0.0562 e. The molecule has 0 spiro atoms. The molecule has 2 nitrogen and oxygen atoms in total. The van der Waals surface area contributed by atoms with Crippen LogP contribution >= 0.6 is 0 Å². The summed E-state index contributed by atoms with van der Waals surface area (Å²) < 4.78 is 4.89. The number of hydrogen-bond acceptors (Lipinski definition) is 0. The van der Waals surface area contributed by atoms with Gasteiger partial charge in [0.15, 0.2) is 0 Å². The summed E-state index contributed by atoms with van der Waals surface area (Å²) in [5.74, 6) is 0. The van der Waals surface area contributed by atoms with Crippen molar-refractivity contribution in [2.45, 2.75) is 19.9 Å². The zero-order chi connectivity index (χ0) is 19.5. The largest absolute Gasteiger partial charge is 0.338 e. The average Bonchev–Trinajstić information content (AvgIpc) is 3.27. The molecule has 0 unspecified atom stereocenters. The van der Waals surface area contributed by atoms with Crippen molar-refractivity contribution in [1.29, 1.82) is 0 Å². The molecular formula is C27H22N2. The lowest BCUT2D eigenvalue weighted by atomic mass is 10.1. The summed E-state index contributed by atoms with van der Waals surface area (Å²) in [5.41, 5.74) is 6.34. The topological polar surface area (TPSA) is 9.86 Å². The van der Waals surface area contributed by atoms with E-state index in [1.165, 1.54) is 49.3 Å². The van der Waals surface area contributed by atoms with E-state index in [0.717, 1.165) is 0 Å². The van der Waals surface area contributed by atoms with E-state index in [0.29, 0.717) is 6.04 Å². The number of aromatic nitrogens is 2. The zero-order valence-corrected chi connectivity index (χ0v) is 16.6. The minimum absolute atomic E-state index is 0.394. The van der Waals surface area contributed by atoms with Crippen LogP contribution < -0.4 is 0 Å². The fourth-order valence-electron chi connectivity index (χ4n) is 4.95. The van der Waals surface area contributed by atoms with Crippen LogP contribution in [0.25, 0.3) is 49.3 Å². The van der Waals surface area contributed by atoms with E-state index in [1.54, 1.807) is 0 Å². The number of fused-ring (bicyclic) bond motifs is 6. The Morgan fingerprint density at radius 1 is 0.517 bits per heavy atom. The summed E-state index contributed by atoms with van der Waals surface area (Å²) in [5, 5.41) is 5.23.